The first-order chi connectivity index (χ1) is 12.8. The second kappa shape index (κ2) is 7.52. The lowest BCUT2D eigenvalue weighted by molar-refractivity contribution is 0.565. The van der Waals surface area contributed by atoms with Crippen LogP contribution in [0.25, 0.3) is 11.5 Å². The molecule has 0 amide bonds. The number of halogens is 1. The molecule has 1 unspecified atom stereocenters. The number of rotatable bonds is 6. The lowest BCUT2D eigenvalue weighted by atomic mass is 10.1. The Kier molecular flexibility index (Phi) is 5.32. The van der Waals surface area contributed by atoms with E-state index in [4.69, 9.17) is 4.42 Å². The van der Waals surface area contributed by atoms with Crippen molar-refractivity contribution in [2.24, 2.45) is 0 Å². The number of aromatic nitrogens is 1. The molecule has 142 valence electrons. The molecule has 0 aliphatic rings. The Morgan fingerprint density at radius 2 is 1.81 bits per heavy atom. The van der Waals surface area contributed by atoms with Gasteiger partial charge in [-0.15, -0.1) is 0 Å². The van der Waals surface area contributed by atoms with Crippen molar-refractivity contribution in [3.63, 3.8) is 0 Å². The third kappa shape index (κ3) is 3.88. The minimum atomic E-state index is -3.97. The van der Waals surface area contributed by atoms with Crippen LogP contribution in [0.15, 0.2) is 62.9 Å². The van der Waals surface area contributed by atoms with Gasteiger partial charge in [0.15, 0.2) is 0 Å². The van der Waals surface area contributed by atoms with E-state index >= 15 is 0 Å². The van der Waals surface area contributed by atoms with E-state index in [1.807, 2.05) is 45.0 Å². The van der Waals surface area contributed by atoms with E-state index in [0.29, 0.717) is 5.56 Å². The average Bonchev–Trinajstić information content (AvgIpc) is 3.06. The van der Waals surface area contributed by atoms with Gasteiger partial charge in [0.25, 0.3) is 0 Å². The van der Waals surface area contributed by atoms with E-state index < -0.39 is 15.7 Å². The Morgan fingerprint density at radius 1 is 1.15 bits per heavy atom. The van der Waals surface area contributed by atoms with Gasteiger partial charge in [0.1, 0.15) is 5.82 Å². The lowest BCUT2D eigenvalue weighted by Gasteiger charge is -2.11. The van der Waals surface area contributed by atoms with Gasteiger partial charge in [0.05, 0.1) is 4.90 Å². The number of nitrogens with one attached hydrogen (secondary N) is 1. The van der Waals surface area contributed by atoms with Crippen LogP contribution in [0.5, 0.6) is 0 Å². The van der Waals surface area contributed by atoms with E-state index in [1.165, 1.54) is 12.1 Å². The summed E-state index contributed by atoms with van der Waals surface area (Å²) >= 11 is 0. The van der Waals surface area contributed by atoms with Crippen molar-refractivity contribution in [3.8, 4) is 11.5 Å². The molecule has 1 atom stereocenters. The topological polar surface area (TPSA) is 72.2 Å². The molecule has 1 N–H and O–H groups in total. The molecule has 0 saturated carbocycles. The maximum Gasteiger partial charge on any atom is 0.234 e. The molecule has 1 heterocycles. The number of nitrogens with zero attached hydrogens (tertiary/aromatic N) is 1. The molecule has 3 rings (SSSR count). The minimum absolute atomic E-state index is 0.00941. The SMILES string of the molecule is CCC(C)Nc1oc(-c2ccccc2C)nc1S(=O)(=O)c1ccc(F)cc1. The summed E-state index contributed by atoms with van der Waals surface area (Å²) < 4.78 is 45.2. The van der Waals surface area contributed by atoms with E-state index in [9.17, 15) is 12.8 Å². The molecule has 0 fully saturated rings. The van der Waals surface area contributed by atoms with Gasteiger partial charge in [-0.1, -0.05) is 25.1 Å². The summed E-state index contributed by atoms with van der Waals surface area (Å²) in [6.07, 6.45) is 0.774. The number of aryl methyl sites for hydroxylation is 1. The molecule has 3 aromatic rings. The van der Waals surface area contributed by atoms with Crippen LogP contribution in [0.1, 0.15) is 25.8 Å². The van der Waals surface area contributed by atoms with Gasteiger partial charge >= 0.3 is 0 Å². The van der Waals surface area contributed by atoms with Crippen LogP contribution >= 0.6 is 0 Å². The zero-order chi connectivity index (χ0) is 19.6. The molecule has 0 spiro atoms. The Labute approximate surface area is 158 Å². The number of benzene rings is 2. The molecule has 0 aliphatic heterocycles. The normalized spacial score (nSPS) is 12.7. The molecule has 2 aromatic carbocycles. The van der Waals surface area contributed by atoms with Crippen LogP contribution in [0.4, 0.5) is 10.3 Å². The smallest absolute Gasteiger partial charge is 0.234 e. The van der Waals surface area contributed by atoms with Crippen molar-refractivity contribution in [2.45, 2.75) is 43.2 Å². The quantitative estimate of drug-likeness (QED) is 0.612. The summed E-state index contributed by atoms with van der Waals surface area (Å²) in [6.45, 7) is 5.80. The van der Waals surface area contributed by atoms with Gasteiger partial charge in [-0.3, -0.25) is 0 Å². The van der Waals surface area contributed by atoms with Crippen molar-refractivity contribution in [1.29, 1.82) is 0 Å². The van der Waals surface area contributed by atoms with Gasteiger partial charge in [-0.2, -0.15) is 4.98 Å². The Bertz CT molecular complexity index is 1040. The van der Waals surface area contributed by atoms with E-state index in [-0.39, 0.29) is 27.7 Å². The molecule has 7 heteroatoms. The molecule has 0 radical (unpaired) electrons. The van der Waals surface area contributed by atoms with Crippen molar-refractivity contribution in [2.75, 3.05) is 5.32 Å². The Morgan fingerprint density at radius 3 is 2.44 bits per heavy atom. The first kappa shape index (κ1) is 19.1. The van der Waals surface area contributed by atoms with Crippen LogP contribution in [0.2, 0.25) is 0 Å². The number of anilines is 1. The van der Waals surface area contributed by atoms with Crippen LogP contribution < -0.4 is 5.32 Å². The zero-order valence-corrected chi connectivity index (χ0v) is 16.2. The second-order valence-electron chi connectivity index (χ2n) is 6.38. The molecular formula is C20H21FN2O3S. The summed E-state index contributed by atoms with van der Waals surface area (Å²) in [5, 5.41) is 2.87. The highest BCUT2D eigenvalue weighted by atomic mass is 32.2. The van der Waals surface area contributed by atoms with Crippen molar-refractivity contribution in [1.82, 2.24) is 4.98 Å². The molecule has 1 aromatic heterocycles. The molecule has 0 aliphatic carbocycles. The Balaban J connectivity index is 2.15. The number of oxazole rings is 1. The number of hydrogen-bond acceptors (Lipinski definition) is 5. The predicted molar refractivity (Wildman–Crippen MR) is 102 cm³/mol. The first-order valence-corrected chi connectivity index (χ1v) is 10.1. The number of sulfone groups is 1. The number of hydrogen-bond donors (Lipinski definition) is 1. The molecular weight excluding hydrogens is 367 g/mol. The predicted octanol–water partition coefficient (Wildman–Crippen LogP) is 4.83. The highest BCUT2D eigenvalue weighted by Gasteiger charge is 2.29. The minimum Gasteiger partial charge on any atom is -0.419 e. The van der Waals surface area contributed by atoms with Crippen LogP contribution in [0.3, 0.4) is 0 Å². The van der Waals surface area contributed by atoms with Crippen molar-refractivity contribution in [3.05, 3.63) is 59.9 Å². The Hall–Kier alpha value is -2.67. The van der Waals surface area contributed by atoms with Gasteiger partial charge in [-0.05, 0) is 56.2 Å². The zero-order valence-electron chi connectivity index (χ0n) is 15.4. The third-order valence-electron chi connectivity index (χ3n) is 4.34. The largest absolute Gasteiger partial charge is 0.419 e. The average molecular weight is 388 g/mol. The standard InChI is InChI=1S/C20H21FN2O3S/c1-4-14(3)22-19-20(27(24,25)16-11-9-15(21)10-12-16)23-18(26-19)17-8-6-5-7-13(17)2/h5-12,14,22H,4H2,1-3H3. The second-order valence-corrected chi connectivity index (χ2v) is 8.24. The van der Waals surface area contributed by atoms with Gasteiger partial charge < -0.3 is 9.73 Å². The summed E-state index contributed by atoms with van der Waals surface area (Å²) in [5.41, 5.74) is 1.63. The van der Waals surface area contributed by atoms with Crippen LogP contribution in [-0.2, 0) is 9.84 Å². The third-order valence-corrected chi connectivity index (χ3v) is 6.02. The summed E-state index contributed by atoms with van der Waals surface area (Å²) in [4.78, 5) is 4.25. The van der Waals surface area contributed by atoms with Crippen molar-refractivity contribution >= 4 is 15.7 Å². The van der Waals surface area contributed by atoms with Crippen LogP contribution in [-0.4, -0.2) is 19.4 Å². The monoisotopic (exact) mass is 388 g/mol. The highest BCUT2D eigenvalue weighted by molar-refractivity contribution is 7.91. The maximum atomic E-state index is 13.2. The fourth-order valence-electron chi connectivity index (χ4n) is 2.56. The van der Waals surface area contributed by atoms with E-state index in [0.717, 1.165) is 24.1 Å². The van der Waals surface area contributed by atoms with Gasteiger partial charge in [-0.25, -0.2) is 12.8 Å². The first-order valence-electron chi connectivity index (χ1n) is 8.67. The molecule has 0 bridgehead atoms. The summed E-state index contributed by atoms with van der Waals surface area (Å²) in [6, 6.07) is 12.1. The summed E-state index contributed by atoms with van der Waals surface area (Å²) in [5.74, 6) is -0.195. The van der Waals surface area contributed by atoms with Crippen molar-refractivity contribution < 1.29 is 17.2 Å². The van der Waals surface area contributed by atoms with E-state index in [1.54, 1.807) is 0 Å². The van der Waals surface area contributed by atoms with Crippen LogP contribution in [0, 0.1) is 12.7 Å². The fraction of sp³-hybridized carbons (Fsp3) is 0.250. The van der Waals surface area contributed by atoms with Gasteiger partial charge in [0.2, 0.25) is 26.6 Å². The lowest BCUT2D eigenvalue weighted by Crippen LogP contribution is -2.15. The molecule has 5 nitrogen and oxygen atoms in total. The molecule has 0 saturated heterocycles. The fourth-order valence-corrected chi connectivity index (χ4v) is 3.82. The van der Waals surface area contributed by atoms with Gasteiger partial charge in [0, 0.05) is 11.6 Å². The maximum absolute atomic E-state index is 13.2. The van der Waals surface area contributed by atoms with E-state index in [2.05, 4.69) is 10.3 Å². The highest BCUT2D eigenvalue weighted by Crippen LogP contribution is 2.34. The summed E-state index contributed by atoms with van der Waals surface area (Å²) in [7, 11) is -3.97. The molecule has 27 heavy (non-hydrogen) atoms.